The normalized spacial score (nSPS) is 14.2. The molecule has 0 radical (unpaired) electrons. The van der Waals surface area contributed by atoms with Gasteiger partial charge in [-0.15, -0.1) is 0 Å². The molecule has 1 aromatic heterocycles. The van der Waals surface area contributed by atoms with E-state index in [2.05, 4.69) is 4.98 Å². The quantitative estimate of drug-likeness (QED) is 0.467. The Bertz CT molecular complexity index is 1120. The van der Waals surface area contributed by atoms with E-state index >= 15 is 0 Å². The van der Waals surface area contributed by atoms with Crippen LogP contribution < -0.4 is 4.74 Å². The fraction of sp³-hybridized carbons (Fsp3) is 0.269. The van der Waals surface area contributed by atoms with E-state index in [1.165, 1.54) is 0 Å². The summed E-state index contributed by atoms with van der Waals surface area (Å²) >= 11 is 0. The summed E-state index contributed by atoms with van der Waals surface area (Å²) in [7, 11) is 1.59. The number of aromatic amines is 1. The van der Waals surface area contributed by atoms with Gasteiger partial charge in [0, 0.05) is 41.5 Å². The summed E-state index contributed by atoms with van der Waals surface area (Å²) in [6.45, 7) is 2.59. The van der Waals surface area contributed by atoms with Crippen molar-refractivity contribution < 1.29 is 19.1 Å². The summed E-state index contributed by atoms with van der Waals surface area (Å²) in [5.74, 6) is -0.403. The molecular formula is C26H26N2O4. The Labute approximate surface area is 187 Å². The van der Waals surface area contributed by atoms with Crippen LogP contribution >= 0.6 is 0 Å². The van der Waals surface area contributed by atoms with Crippen LogP contribution in [-0.2, 0) is 4.79 Å². The molecule has 1 saturated heterocycles. The van der Waals surface area contributed by atoms with Crippen LogP contribution in [0.25, 0.3) is 11.3 Å². The number of nitrogens with zero attached hydrogens (tertiary/aromatic N) is 1. The number of carbonyl (C=O) groups excluding carboxylic acids is 3. The van der Waals surface area contributed by atoms with Gasteiger partial charge in [-0.05, 0) is 55.7 Å². The molecular weight excluding hydrogens is 404 g/mol. The molecule has 1 fully saturated rings. The standard InChI is InChI=1S/C26H26N2O4/c1-17-22(16-23(27-17)18-6-4-3-5-7-18)25(30)26(31)28-14-12-20(13-15-28)24(29)19-8-10-21(32-2)11-9-19/h3-11,16,20,27H,12-15H2,1-2H3. The Morgan fingerprint density at radius 3 is 2.25 bits per heavy atom. The largest absolute Gasteiger partial charge is 0.497 e. The molecule has 164 valence electrons. The molecule has 1 aliphatic rings. The van der Waals surface area contributed by atoms with Gasteiger partial charge in [0.2, 0.25) is 0 Å². The lowest BCUT2D eigenvalue weighted by molar-refractivity contribution is -0.127. The van der Waals surface area contributed by atoms with E-state index in [0.29, 0.717) is 48.5 Å². The first-order valence-corrected chi connectivity index (χ1v) is 10.7. The highest BCUT2D eigenvalue weighted by Gasteiger charge is 2.32. The minimum absolute atomic E-state index is 0.0695. The zero-order chi connectivity index (χ0) is 22.7. The Morgan fingerprint density at radius 2 is 1.62 bits per heavy atom. The van der Waals surface area contributed by atoms with Gasteiger partial charge in [0.05, 0.1) is 7.11 Å². The number of Topliss-reactive ketones (excluding diaryl/α,β-unsaturated/α-hetero) is 2. The minimum Gasteiger partial charge on any atom is -0.497 e. The van der Waals surface area contributed by atoms with Crippen LogP contribution in [0.1, 0.15) is 39.3 Å². The van der Waals surface area contributed by atoms with E-state index in [0.717, 1.165) is 11.3 Å². The Hall–Kier alpha value is -3.67. The maximum absolute atomic E-state index is 12.9. The van der Waals surface area contributed by atoms with Gasteiger partial charge in [0.15, 0.2) is 5.78 Å². The van der Waals surface area contributed by atoms with Crippen molar-refractivity contribution in [2.75, 3.05) is 20.2 Å². The van der Waals surface area contributed by atoms with Crippen molar-refractivity contribution in [3.8, 4) is 17.0 Å². The first-order valence-electron chi connectivity index (χ1n) is 10.7. The summed E-state index contributed by atoms with van der Waals surface area (Å²) in [4.78, 5) is 43.4. The van der Waals surface area contributed by atoms with Crippen molar-refractivity contribution in [2.24, 2.45) is 5.92 Å². The number of H-pyrrole nitrogens is 1. The number of likely N-dealkylation sites (tertiary alicyclic amines) is 1. The smallest absolute Gasteiger partial charge is 0.295 e. The fourth-order valence-corrected chi connectivity index (χ4v) is 4.16. The molecule has 1 aliphatic heterocycles. The number of rotatable bonds is 6. The number of piperidine rings is 1. The molecule has 1 amide bonds. The average Bonchev–Trinajstić information content (AvgIpc) is 3.25. The number of nitrogens with one attached hydrogen (secondary N) is 1. The molecule has 0 atom stereocenters. The monoisotopic (exact) mass is 430 g/mol. The maximum atomic E-state index is 12.9. The van der Waals surface area contributed by atoms with Gasteiger partial charge in [-0.1, -0.05) is 30.3 Å². The number of hydrogen-bond donors (Lipinski definition) is 1. The van der Waals surface area contributed by atoms with Gasteiger partial charge in [0.1, 0.15) is 5.75 Å². The molecule has 0 spiro atoms. The highest BCUT2D eigenvalue weighted by atomic mass is 16.5. The molecule has 32 heavy (non-hydrogen) atoms. The lowest BCUT2D eigenvalue weighted by Gasteiger charge is -2.30. The molecule has 0 saturated carbocycles. The molecule has 1 N–H and O–H groups in total. The van der Waals surface area contributed by atoms with E-state index in [1.807, 2.05) is 30.3 Å². The predicted molar refractivity (Wildman–Crippen MR) is 122 cm³/mol. The Kier molecular flexibility index (Phi) is 6.21. The van der Waals surface area contributed by atoms with Crippen LogP contribution in [0.3, 0.4) is 0 Å². The number of ketones is 2. The minimum atomic E-state index is -0.513. The zero-order valence-electron chi connectivity index (χ0n) is 18.3. The number of carbonyl (C=O) groups is 3. The lowest BCUT2D eigenvalue weighted by Crippen LogP contribution is -2.43. The van der Waals surface area contributed by atoms with Crippen molar-refractivity contribution in [2.45, 2.75) is 19.8 Å². The van der Waals surface area contributed by atoms with E-state index in [9.17, 15) is 14.4 Å². The van der Waals surface area contributed by atoms with Crippen molar-refractivity contribution in [1.29, 1.82) is 0 Å². The van der Waals surface area contributed by atoms with Gasteiger partial charge in [-0.25, -0.2) is 0 Å². The van der Waals surface area contributed by atoms with Crippen LogP contribution in [0.2, 0.25) is 0 Å². The van der Waals surface area contributed by atoms with Gasteiger partial charge < -0.3 is 14.6 Å². The maximum Gasteiger partial charge on any atom is 0.295 e. The second-order valence-electron chi connectivity index (χ2n) is 8.08. The van der Waals surface area contributed by atoms with E-state index in [1.54, 1.807) is 49.3 Å². The van der Waals surface area contributed by atoms with Crippen LogP contribution in [0, 0.1) is 12.8 Å². The SMILES string of the molecule is COc1ccc(C(=O)C2CCN(C(=O)C(=O)c3cc(-c4ccccc4)[nH]c3C)CC2)cc1. The summed E-state index contributed by atoms with van der Waals surface area (Å²) < 4.78 is 5.14. The van der Waals surface area contributed by atoms with Crippen molar-refractivity contribution >= 4 is 17.5 Å². The molecule has 2 heterocycles. The molecule has 3 aromatic rings. The van der Waals surface area contributed by atoms with Crippen LogP contribution in [-0.4, -0.2) is 47.6 Å². The molecule has 4 rings (SSSR count). The number of aromatic nitrogens is 1. The van der Waals surface area contributed by atoms with Gasteiger partial charge in [-0.3, -0.25) is 14.4 Å². The van der Waals surface area contributed by atoms with Gasteiger partial charge in [0.25, 0.3) is 11.7 Å². The number of aryl methyl sites for hydroxylation is 1. The summed E-state index contributed by atoms with van der Waals surface area (Å²) in [5, 5.41) is 0. The lowest BCUT2D eigenvalue weighted by atomic mass is 9.88. The summed E-state index contributed by atoms with van der Waals surface area (Å²) in [6.07, 6.45) is 1.09. The van der Waals surface area contributed by atoms with Gasteiger partial charge in [-0.2, -0.15) is 0 Å². The van der Waals surface area contributed by atoms with Crippen LogP contribution in [0.15, 0.2) is 60.7 Å². The van der Waals surface area contributed by atoms with E-state index in [-0.39, 0.29) is 11.7 Å². The Balaban J connectivity index is 1.39. The highest BCUT2D eigenvalue weighted by molar-refractivity contribution is 6.43. The number of ether oxygens (including phenoxy) is 1. The second-order valence-corrected chi connectivity index (χ2v) is 8.08. The number of hydrogen-bond acceptors (Lipinski definition) is 4. The van der Waals surface area contributed by atoms with E-state index < -0.39 is 11.7 Å². The third-order valence-electron chi connectivity index (χ3n) is 6.07. The zero-order valence-corrected chi connectivity index (χ0v) is 18.3. The molecule has 0 aliphatic carbocycles. The van der Waals surface area contributed by atoms with Crippen LogP contribution in [0.5, 0.6) is 5.75 Å². The first kappa shape index (κ1) is 21.6. The Morgan fingerprint density at radius 1 is 0.969 bits per heavy atom. The first-order chi connectivity index (χ1) is 15.5. The summed E-state index contributed by atoms with van der Waals surface area (Å²) in [5.41, 5.74) is 3.48. The van der Waals surface area contributed by atoms with Gasteiger partial charge >= 0.3 is 0 Å². The predicted octanol–water partition coefficient (Wildman–Crippen LogP) is 4.30. The molecule has 6 nitrogen and oxygen atoms in total. The molecule has 0 bridgehead atoms. The number of methoxy groups -OCH3 is 1. The highest BCUT2D eigenvalue weighted by Crippen LogP contribution is 2.25. The average molecular weight is 431 g/mol. The van der Waals surface area contributed by atoms with Crippen molar-refractivity contribution in [3.05, 3.63) is 77.5 Å². The second kappa shape index (κ2) is 9.22. The fourth-order valence-electron chi connectivity index (χ4n) is 4.16. The number of amides is 1. The number of benzene rings is 2. The molecule has 6 heteroatoms. The van der Waals surface area contributed by atoms with Crippen molar-refractivity contribution in [1.82, 2.24) is 9.88 Å². The van der Waals surface area contributed by atoms with Crippen molar-refractivity contribution in [3.63, 3.8) is 0 Å². The third kappa shape index (κ3) is 4.35. The van der Waals surface area contributed by atoms with Crippen LogP contribution in [0.4, 0.5) is 0 Å². The third-order valence-corrected chi connectivity index (χ3v) is 6.07. The molecule has 2 aromatic carbocycles. The topological polar surface area (TPSA) is 79.5 Å². The molecule has 0 unspecified atom stereocenters. The van der Waals surface area contributed by atoms with E-state index in [4.69, 9.17) is 4.74 Å². The summed E-state index contributed by atoms with van der Waals surface area (Å²) in [6, 6.07) is 18.5.